The van der Waals surface area contributed by atoms with Crippen molar-refractivity contribution in [3.63, 3.8) is 0 Å². The molecule has 1 aromatic heterocycles. The highest BCUT2D eigenvalue weighted by Gasteiger charge is 2.35. The van der Waals surface area contributed by atoms with Crippen LogP contribution in [0.3, 0.4) is 0 Å². The molecule has 100 valence electrons. The first-order chi connectivity index (χ1) is 8.56. The van der Waals surface area contributed by atoms with Gasteiger partial charge in [-0.1, -0.05) is 0 Å². The van der Waals surface area contributed by atoms with Gasteiger partial charge in [0.25, 0.3) is 5.56 Å². The lowest BCUT2D eigenvalue weighted by molar-refractivity contribution is -0.0367. The van der Waals surface area contributed by atoms with Crippen molar-refractivity contribution in [3.8, 4) is 0 Å². The normalized spacial score (nSPS) is 27.6. The predicted molar refractivity (Wildman–Crippen MR) is 62.2 cm³/mol. The van der Waals surface area contributed by atoms with Crippen molar-refractivity contribution in [2.24, 2.45) is 5.92 Å². The van der Waals surface area contributed by atoms with Gasteiger partial charge in [-0.3, -0.25) is 14.3 Å². The van der Waals surface area contributed by atoms with Crippen LogP contribution in [-0.2, 0) is 4.74 Å². The van der Waals surface area contributed by atoms with E-state index < -0.39 is 23.6 Å². The molecule has 0 amide bonds. The van der Waals surface area contributed by atoms with E-state index in [1.807, 2.05) is 0 Å². The number of aromatic amines is 1. The van der Waals surface area contributed by atoms with Gasteiger partial charge < -0.3 is 14.9 Å². The first kappa shape index (κ1) is 13.0. The Bertz CT molecular complexity index is 523. The second kappa shape index (κ2) is 5.05. The van der Waals surface area contributed by atoms with Gasteiger partial charge >= 0.3 is 5.69 Å². The third-order valence-corrected chi connectivity index (χ3v) is 3.23. The van der Waals surface area contributed by atoms with Gasteiger partial charge in [0, 0.05) is 30.7 Å². The number of aromatic nitrogens is 2. The lowest BCUT2D eigenvalue weighted by atomic mass is 10.0. The number of aryl methyl sites for hydroxylation is 1. The number of nitrogens with one attached hydrogen (secondary N) is 1. The molecule has 0 saturated carbocycles. The second-order valence-electron chi connectivity index (χ2n) is 4.47. The lowest BCUT2D eigenvalue weighted by Crippen LogP contribution is -2.33. The maximum absolute atomic E-state index is 11.7. The van der Waals surface area contributed by atoms with Crippen LogP contribution in [0, 0.1) is 12.8 Å². The van der Waals surface area contributed by atoms with Crippen LogP contribution in [0.2, 0.25) is 0 Å². The number of H-pyrrole nitrogens is 1. The molecule has 1 aliphatic heterocycles. The van der Waals surface area contributed by atoms with E-state index in [4.69, 9.17) is 14.9 Å². The standard InChI is InChI=1S/C11H16N2O5/c1-6-3-13(11(17)12-10(6)16)9-2-7(4-14)8(5-15)18-9/h3,7-9,14-15H,2,4-5H2,1H3,(H,12,16,17)/t7?,8-,9-/m1/s1. The van der Waals surface area contributed by atoms with Crippen molar-refractivity contribution in [3.05, 3.63) is 32.6 Å². The molecule has 1 aliphatic rings. The van der Waals surface area contributed by atoms with Gasteiger partial charge in [0.2, 0.25) is 0 Å². The summed E-state index contributed by atoms with van der Waals surface area (Å²) in [5.41, 5.74) is -0.566. The molecule has 1 unspecified atom stereocenters. The molecule has 2 heterocycles. The summed E-state index contributed by atoms with van der Waals surface area (Å²) >= 11 is 0. The zero-order valence-electron chi connectivity index (χ0n) is 10.00. The molecule has 3 atom stereocenters. The van der Waals surface area contributed by atoms with E-state index in [1.165, 1.54) is 10.8 Å². The molecule has 7 heteroatoms. The van der Waals surface area contributed by atoms with Crippen molar-refractivity contribution in [2.45, 2.75) is 25.7 Å². The highest BCUT2D eigenvalue weighted by molar-refractivity contribution is 5.01. The SMILES string of the molecule is Cc1cn([C@H]2CC(CO)[C@@H](CO)O2)c(=O)[nH]c1=O. The Morgan fingerprint density at radius 1 is 1.44 bits per heavy atom. The van der Waals surface area contributed by atoms with Crippen LogP contribution in [0.5, 0.6) is 0 Å². The molecule has 0 aliphatic carbocycles. The molecule has 1 fully saturated rings. The van der Waals surface area contributed by atoms with E-state index in [0.29, 0.717) is 12.0 Å². The smallest absolute Gasteiger partial charge is 0.330 e. The summed E-state index contributed by atoms with van der Waals surface area (Å²) in [7, 11) is 0. The Morgan fingerprint density at radius 3 is 2.72 bits per heavy atom. The number of rotatable bonds is 3. The van der Waals surface area contributed by atoms with Crippen LogP contribution in [0.25, 0.3) is 0 Å². The molecule has 1 aromatic rings. The van der Waals surface area contributed by atoms with E-state index in [-0.39, 0.29) is 19.1 Å². The number of hydrogen-bond acceptors (Lipinski definition) is 5. The summed E-state index contributed by atoms with van der Waals surface area (Å²) in [6.07, 6.45) is 0.800. The molecule has 0 spiro atoms. The number of nitrogens with zero attached hydrogens (tertiary/aromatic N) is 1. The van der Waals surface area contributed by atoms with Crippen LogP contribution in [0.15, 0.2) is 15.8 Å². The quantitative estimate of drug-likeness (QED) is 0.625. The van der Waals surface area contributed by atoms with E-state index in [9.17, 15) is 9.59 Å². The Hall–Kier alpha value is -1.44. The van der Waals surface area contributed by atoms with Crippen molar-refractivity contribution >= 4 is 0 Å². The van der Waals surface area contributed by atoms with Crippen LogP contribution in [0.4, 0.5) is 0 Å². The second-order valence-corrected chi connectivity index (χ2v) is 4.47. The fourth-order valence-corrected chi connectivity index (χ4v) is 2.14. The average Bonchev–Trinajstić information content (AvgIpc) is 2.76. The Morgan fingerprint density at radius 2 is 2.17 bits per heavy atom. The van der Waals surface area contributed by atoms with E-state index >= 15 is 0 Å². The molecule has 2 rings (SSSR count). The molecule has 0 aromatic carbocycles. The molecule has 1 saturated heterocycles. The van der Waals surface area contributed by atoms with E-state index in [1.54, 1.807) is 6.92 Å². The van der Waals surface area contributed by atoms with Crippen LogP contribution < -0.4 is 11.2 Å². The first-order valence-electron chi connectivity index (χ1n) is 5.76. The van der Waals surface area contributed by atoms with Crippen LogP contribution >= 0.6 is 0 Å². The third-order valence-electron chi connectivity index (χ3n) is 3.23. The predicted octanol–water partition coefficient (Wildman–Crippen LogP) is -1.27. The Kier molecular flexibility index (Phi) is 3.65. The number of ether oxygens (including phenoxy) is 1. The van der Waals surface area contributed by atoms with Gasteiger partial charge in [-0.25, -0.2) is 4.79 Å². The van der Waals surface area contributed by atoms with Crippen molar-refractivity contribution in [1.29, 1.82) is 0 Å². The van der Waals surface area contributed by atoms with Gasteiger partial charge in [-0.05, 0) is 6.92 Å². The maximum Gasteiger partial charge on any atom is 0.330 e. The summed E-state index contributed by atoms with van der Waals surface area (Å²) < 4.78 is 6.79. The highest BCUT2D eigenvalue weighted by atomic mass is 16.5. The van der Waals surface area contributed by atoms with Gasteiger partial charge in [0.15, 0.2) is 0 Å². The number of aliphatic hydroxyl groups excluding tert-OH is 2. The zero-order chi connectivity index (χ0) is 13.3. The van der Waals surface area contributed by atoms with Crippen molar-refractivity contribution < 1.29 is 14.9 Å². The van der Waals surface area contributed by atoms with E-state index in [2.05, 4.69) is 4.98 Å². The zero-order valence-corrected chi connectivity index (χ0v) is 10.00. The van der Waals surface area contributed by atoms with Crippen molar-refractivity contribution in [1.82, 2.24) is 9.55 Å². The van der Waals surface area contributed by atoms with Gasteiger partial charge in [0.1, 0.15) is 6.23 Å². The van der Waals surface area contributed by atoms with Crippen molar-refractivity contribution in [2.75, 3.05) is 13.2 Å². The minimum absolute atomic E-state index is 0.112. The summed E-state index contributed by atoms with van der Waals surface area (Å²) in [6.45, 7) is 1.27. The number of aliphatic hydroxyl groups is 2. The topological polar surface area (TPSA) is 105 Å². The number of hydrogen-bond donors (Lipinski definition) is 3. The van der Waals surface area contributed by atoms with Crippen LogP contribution in [-0.4, -0.2) is 39.1 Å². The van der Waals surface area contributed by atoms with E-state index in [0.717, 1.165) is 0 Å². The molecular weight excluding hydrogens is 240 g/mol. The summed E-state index contributed by atoms with van der Waals surface area (Å²) in [4.78, 5) is 25.1. The lowest BCUT2D eigenvalue weighted by Gasteiger charge is -2.15. The molecule has 18 heavy (non-hydrogen) atoms. The highest BCUT2D eigenvalue weighted by Crippen LogP contribution is 2.31. The maximum atomic E-state index is 11.7. The van der Waals surface area contributed by atoms with Gasteiger partial charge in [-0.2, -0.15) is 0 Å². The van der Waals surface area contributed by atoms with Gasteiger partial charge in [0.05, 0.1) is 12.7 Å². The van der Waals surface area contributed by atoms with Crippen LogP contribution in [0.1, 0.15) is 18.2 Å². The van der Waals surface area contributed by atoms with Gasteiger partial charge in [-0.15, -0.1) is 0 Å². The third kappa shape index (κ3) is 2.24. The summed E-state index contributed by atoms with van der Waals surface area (Å²) in [5.74, 6) is -0.209. The summed E-state index contributed by atoms with van der Waals surface area (Å²) in [5, 5.41) is 18.3. The largest absolute Gasteiger partial charge is 0.396 e. The minimum Gasteiger partial charge on any atom is -0.396 e. The fraction of sp³-hybridized carbons (Fsp3) is 0.636. The average molecular weight is 256 g/mol. The summed E-state index contributed by atoms with van der Waals surface area (Å²) in [6, 6.07) is 0. The fourth-order valence-electron chi connectivity index (χ4n) is 2.14. The molecular formula is C11H16N2O5. The molecule has 7 nitrogen and oxygen atoms in total. The molecule has 3 N–H and O–H groups in total. The molecule has 0 bridgehead atoms. The minimum atomic E-state index is -0.567. The molecule has 0 radical (unpaired) electrons. The Balaban J connectivity index is 2.31. The monoisotopic (exact) mass is 256 g/mol. The Labute approximate surface area is 103 Å². The first-order valence-corrected chi connectivity index (χ1v) is 5.76.